The van der Waals surface area contributed by atoms with Crippen molar-refractivity contribution in [1.82, 2.24) is 9.97 Å². The van der Waals surface area contributed by atoms with Crippen LogP contribution in [0.4, 0.5) is 5.82 Å². The van der Waals surface area contributed by atoms with Crippen LogP contribution in [0.5, 0.6) is 0 Å². The molecule has 0 aliphatic heterocycles. The summed E-state index contributed by atoms with van der Waals surface area (Å²) < 4.78 is 7.11. The van der Waals surface area contributed by atoms with E-state index in [1.807, 2.05) is 13.1 Å². The maximum Gasteiger partial charge on any atom is 0.198 e. The second-order valence-electron chi connectivity index (χ2n) is 2.74. The largest absolute Gasteiger partial charge is 0.460 e. The van der Waals surface area contributed by atoms with Crippen LogP contribution >= 0.6 is 38.5 Å². The Morgan fingerprint density at radius 3 is 2.93 bits per heavy atom. The Hall–Kier alpha value is -0.630. The standard InChI is InChI=1S/C9H7BrIN3O/c1-12-8-6(11)4-13-9(14-8)7-5(10)2-3-15-7/h2-4H,1H3,(H,12,13,14). The van der Waals surface area contributed by atoms with Gasteiger partial charge in [-0.05, 0) is 44.6 Å². The Balaban J connectivity index is 2.51. The third kappa shape index (κ3) is 2.15. The molecule has 2 aromatic rings. The number of anilines is 1. The maximum atomic E-state index is 5.29. The molecule has 0 amide bonds. The summed E-state index contributed by atoms with van der Waals surface area (Å²) in [6, 6.07) is 1.82. The first-order chi connectivity index (χ1) is 7.22. The van der Waals surface area contributed by atoms with Crippen molar-refractivity contribution in [3.63, 3.8) is 0 Å². The fourth-order valence-corrected chi connectivity index (χ4v) is 2.01. The average Bonchev–Trinajstić information content (AvgIpc) is 2.65. The molecule has 0 bridgehead atoms. The quantitative estimate of drug-likeness (QED) is 0.814. The Bertz CT molecular complexity index is 486. The van der Waals surface area contributed by atoms with Crippen LogP contribution < -0.4 is 5.32 Å². The second kappa shape index (κ2) is 4.48. The minimum absolute atomic E-state index is 0.566. The fourth-order valence-electron chi connectivity index (χ4n) is 1.11. The first-order valence-electron chi connectivity index (χ1n) is 4.16. The van der Waals surface area contributed by atoms with Crippen LogP contribution in [0.15, 0.2) is 27.4 Å². The normalized spacial score (nSPS) is 10.3. The molecule has 15 heavy (non-hydrogen) atoms. The van der Waals surface area contributed by atoms with Gasteiger partial charge in [-0.3, -0.25) is 0 Å². The molecule has 4 nitrogen and oxygen atoms in total. The number of furan rings is 1. The average molecular weight is 380 g/mol. The lowest BCUT2D eigenvalue weighted by molar-refractivity contribution is 0.576. The maximum absolute atomic E-state index is 5.29. The van der Waals surface area contributed by atoms with Crippen LogP contribution in [-0.2, 0) is 0 Å². The third-order valence-corrected chi connectivity index (χ3v) is 3.22. The predicted octanol–water partition coefficient (Wildman–Crippen LogP) is 3.15. The highest BCUT2D eigenvalue weighted by atomic mass is 127. The molecule has 2 heterocycles. The van der Waals surface area contributed by atoms with E-state index in [9.17, 15) is 0 Å². The molecule has 78 valence electrons. The number of nitrogens with zero attached hydrogens (tertiary/aromatic N) is 2. The van der Waals surface area contributed by atoms with Gasteiger partial charge < -0.3 is 9.73 Å². The van der Waals surface area contributed by atoms with Gasteiger partial charge in [0, 0.05) is 13.2 Å². The minimum atomic E-state index is 0.566. The highest BCUT2D eigenvalue weighted by Crippen LogP contribution is 2.27. The van der Waals surface area contributed by atoms with E-state index in [-0.39, 0.29) is 0 Å². The molecule has 0 unspecified atom stereocenters. The van der Waals surface area contributed by atoms with E-state index in [4.69, 9.17) is 4.42 Å². The van der Waals surface area contributed by atoms with Gasteiger partial charge in [-0.1, -0.05) is 0 Å². The SMILES string of the molecule is CNc1nc(-c2occc2Br)ncc1I. The van der Waals surface area contributed by atoms with Gasteiger partial charge in [0.1, 0.15) is 5.82 Å². The van der Waals surface area contributed by atoms with Gasteiger partial charge in [0.15, 0.2) is 11.6 Å². The number of halogens is 2. The molecule has 2 rings (SSSR count). The Morgan fingerprint density at radius 2 is 2.33 bits per heavy atom. The highest BCUT2D eigenvalue weighted by molar-refractivity contribution is 14.1. The van der Waals surface area contributed by atoms with Crippen molar-refractivity contribution in [2.45, 2.75) is 0 Å². The van der Waals surface area contributed by atoms with E-state index in [2.05, 4.69) is 53.8 Å². The van der Waals surface area contributed by atoms with Gasteiger partial charge in [-0.15, -0.1) is 0 Å². The summed E-state index contributed by atoms with van der Waals surface area (Å²) in [6.45, 7) is 0. The van der Waals surface area contributed by atoms with Gasteiger partial charge in [0.2, 0.25) is 0 Å². The monoisotopic (exact) mass is 379 g/mol. The van der Waals surface area contributed by atoms with E-state index < -0.39 is 0 Å². The molecular weight excluding hydrogens is 373 g/mol. The van der Waals surface area contributed by atoms with Gasteiger partial charge in [0.25, 0.3) is 0 Å². The van der Waals surface area contributed by atoms with Crippen molar-refractivity contribution in [1.29, 1.82) is 0 Å². The molecular formula is C9H7BrIN3O. The van der Waals surface area contributed by atoms with Crippen molar-refractivity contribution in [3.8, 4) is 11.6 Å². The van der Waals surface area contributed by atoms with Crippen molar-refractivity contribution in [3.05, 3.63) is 26.6 Å². The van der Waals surface area contributed by atoms with Crippen LogP contribution in [0.25, 0.3) is 11.6 Å². The van der Waals surface area contributed by atoms with Crippen LogP contribution in [0, 0.1) is 3.57 Å². The highest BCUT2D eigenvalue weighted by Gasteiger charge is 2.11. The number of rotatable bonds is 2. The zero-order valence-electron chi connectivity index (χ0n) is 7.79. The molecule has 0 atom stereocenters. The summed E-state index contributed by atoms with van der Waals surface area (Å²) >= 11 is 5.55. The van der Waals surface area contributed by atoms with Crippen molar-refractivity contribution < 1.29 is 4.42 Å². The third-order valence-electron chi connectivity index (χ3n) is 1.80. The molecule has 0 spiro atoms. The smallest absolute Gasteiger partial charge is 0.198 e. The molecule has 0 aliphatic carbocycles. The van der Waals surface area contributed by atoms with Gasteiger partial charge in [-0.2, -0.15) is 0 Å². The number of hydrogen-bond donors (Lipinski definition) is 1. The summed E-state index contributed by atoms with van der Waals surface area (Å²) in [7, 11) is 1.82. The zero-order valence-corrected chi connectivity index (χ0v) is 11.5. The molecule has 6 heteroatoms. The van der Waals surface area contributed by atoms with Crippen molar-refractivity contribution in [2.24, 2.45) is 0 Å². The van der Waals surface area contributed by atoms with E-state index in [0.717, 1.165) is 13.9 Å². The number of nitrogens with one attached hydrogen (secondary N) is 1. The zero-order chi connectivity index (χ0) is 10.8. The summed E-state index contributed by atoms with van der Waals surface area (Å²) in [4.78, 5) is 8.55. The van der Waals surface area contributed by atoms with E-state index in [0.29, 0.717) is 11.6 Å². The molecule has 0 saturated heterocycles. The fraction of sp³-hybridized carbons (Fsp3) is 0.111. The van der Waals surface area contributed by atoms with Crippen molar-refractivity contribution in [2.75, 3.05) is 12.4 Å². The first-order valence-corrected chi connectivity index (χ1v) is 6.03. The summed E-state index contributed by atoms with van der Waals surface area (Å²) in [5.41, 5.74) is 0. The topological polar surface area (TPSA) is 51.0 Å². The minimum Gasteiger partial charge on any atom is -0.460 e. The number of hydrogen-bond acceptors (Lipinski definition) is 4. The van der Waals surface area contributed by atoms with E-state index >= 15 is 0 Å². The molecule has 0 fully saturated rings. The summed E-state index contributed by atoms with van der Waals surface area (Å²) in [6.07, 6.45) is 3.35. The lowest BCUT2D eigenvalue weighted by atomic mass is 10.4. The summed E-state index contributed by atoms with van der Waals surface area (Å²) in [5.74, 6) is 2.00. The Kier molecular flexibility index (Phi) is 3.25. The van der Waals surface area contributed by atoms with Crippen molar-refractivity contribution >= 4 is 44.3 Å². The predicted molar refractivity (Wildman–Crippen MR) is 69.7 cm³/mol. The summed E-state index contributed by atoms with van der Waals surface area (Å²) in [5, 5.41) is 3.00. The second-order valence-corrected chi connectivity index (χ2v) is 4.75. The molecule has 0 radical (unpaired) electrons. The molecule has 1 N–H and O–H groups in total. The van der Waals surface area contributed by atoms with Gasteiger partial charge >= 0.3 is 0 Å². The van der Waals surface area contributed by atoms with Crippen LogP contribution in [0.3, 0.4) is 0 Å². The van der Waals surface area contributed by atoms with Gasteiger partial charge in [0.05, 0.1) is 14.3 Å². The molecule has 0 saturated carbocycles. The molecule has 0 aromatic carbocycles. The molecule has 0 aliphatic rings. The molecule has 2 aromatic heterocycles. The van der Waals surface area contributed by atoms with Crippen LogP contribution in [-0.4, -0.2) is 17.0 Å². The lowest BCUT2D eigenvalue weighted by Gasteiger charge is -2.03. The van der Waals surface area contributed by atoms with Crippen LogP contribution in [0.1, 0.15) is 0 Å². The van der Waals surface area contributed by atoms with Gasteiger partial charge in [-0.25, -0.2) is 9.97 Å². The Labute approximate surface area is 109 Å². The van der Waals surface area contributed by atoms with E-state index in [1.54, 1.807) is 12.5 Å². The Morgan fingerprint density at radius 1 is 1.53 bits per heavy atom. The first kappa shape index (κ1) is 10.9. The number of aromatic nitrogens is 2. The van der Waals surface area contributed by atoms with E-state index in [1.165, 1.54) is 0 Å². The lowest BCUT2D eigenvalue weighted by Crippen LogP contribution is -1.98. The van der Waals surface area contributed by atoms with Crippen LogP contribution in [0.2, 0.25) is 0 Å².